The molecule has 0 spiro atoms. The van der Waals surface area contributed by atoms with Crippen LogP contribution in [0.2, 0.25) is 0 Å². The fourth-order valence-corrected chi connectivity index (χ4v) is 4.38. The zero-order valence-electron chi connectivity index (χ0n) is 19.4. The van der Waals surface area contributed by atoms with Crippen LogP contribution < -0.4 is 4.90 Å². The largest absolute Gasteiger partial charge is 0.506 e. The lowest BCUT2D eigenvalue weighted by Gasteiger charge is -2.26. The van der Waals surface area contributed by atoms with Gasteiger partial charge in [-0.3, -0.25) is 4.79 Å². The summed E-state index contributed by atoms with van der Waals surface area (Å²) in [4.78, 5) is 15.9. The summed E-state index contributed by atoms with van der Waals surface area (Å²) in [5.74, 6) is 0.0841. The Hall–Kier alpha value is -4.63. The van der Waals surface area contributed by atoms with Crippen molar-refractivity contribution in [2.75, 3.05) is 11.9 Å². The van der Waals surface area contributed by atoms with Crippen LogP contribution in [0.1, 0.15) is 15.9 Å². The van der Waals surface area contributed by atoms with Crippen LogP contribution >= 0.6 is 0 Å². The molecule has 170 valence electrons. The van der Waals surface area contributed by atoms with Gasteiger partial charge in [-0.1, -0.05) is 103 Å². The van der Waals surface area contributed by atoms with Crippen molar-refractivity contribution >= 4 is 17.2 Å². The van der Waals surface area contributed by atoms with Crippen LogP contribution in [0.3, 0.4) is 0 Å². The van der Waals surface area contributed by atoms with E-state index >= 15 is 0 Å². The Kier molecular flexibility index (Phi) is 6.15. The summed E-state index contributed by atoms with van der Waals surface area (Å²) in [6.07, 6.45) is 0. The highest BCUT2D eigenvalue weighted by Gasteiger charge is 2.24. The molecule has 0 atom stereocenters. The van der Waals surface area contributed by atoms with Crippen molar-refractivity contribution < 1.29 is 9.90 Å². The summed E-state index contributed by atoms with van der Waals surface area (Å²) in [6.45, 7) is 0. The van der Waals surface area contributed by atoms with Gasteiger partial charge in [0.2, 0.25) is 0 Å². The highest BCUT2D eigenvalue weighted by Crippen LogP contribution is 2.41. The maximum Gasteiger partial charge on any atom is 0.195 e. The zero-order valence-corrected chi connectivity index (χ0v) is 19.4. The third-order valence-corrected chi connectivity index (χ3v) is 6.18. The van der Waals surface area contributed by atoms with Gasteiger partial charge in [0.1, 0.15) is 5.75 Å². The zero-order chi connectivity index (χ0) is 24.2. The lowest BCUT2D eigenvalue weighted by atomic mass is 9.88. The number of benzene rings is 5. The molecule has 3 heteroatoms. The molecule has 0 aliphatic rings. The number of anilines is 2. The summed E-state index contributed by atoms with van der Waals surface area (Å²) in [6, 6.07) is 40.7. The second-order valence-corrected chi connectivity index (χ2v) is 8.39. The second-order valence-electron chi connectivity index (χ2n) is 8.39. The summed E-state index contributed by atoms with van der Waals surface area (Å²) in [5, 5.41) is 10.6. The molecule has 0 aliphatic carbocycles. The van der Waals surface area contributed by atoms with E-state index in [0.29, 0.717) is 16.8 Å². The van der Waals surface area contributed by atoms with Gasteiger partial charge < -0.3 is 10.0 Å². The fourth-order valence-electron chi connectivity index (χ4n) is 4.38. The highest BCUT2D eigenvalue weighted by atomic mass is 16.3. The molecular formula is C32H25NO2. The SMILES string of the molecule is CN(c1ccccc1O)c1cc(-c2ccccc2)cc(-c2ccccc2)c1C(=O)c1ccccc1. The molecule has 0 heterocycles. The number of carbonyl (C=O) groups excluding carboxylic acids is 1. The van der Waals surface area contributed by atoms with E-state index in [1.165, 1.54) is 0 Å². The van der Waals surface area contributed by atoms with Gasteiger partial charge in [-0.15, -0.1) is 0 Å². The molecule has 0 saturated heterocycles. The van der Waals surface area contributed by atoms with Gasteiger partial charge >= 0.3 is 0 Å². The van der Waals surface area contributed by atoms with Gasteiger partial charge in [0.05, 0.1) is 16.9 Å². The number of nitrogens with zero attached hydrogens (tertiary/aromatic N) is 1. The van der Waals surface area contributed by atoms with Crippen LogP contribution in [-0.4, -0.2) is 17.9 Å². The van der Waals surface area contributed by atoms with E-state index in [4.69, 9.17) is 0 Å². The Morgan fingerprint density at radius 3 is 1.77 bits per heavy atom. The van der Waals surface area contributed by atoms with E-state index in [2.05, 4.69) is 18.2 Å². The Bertz CT molecular complexity index is 1460. The van der Waals surface area contributed by atoms with Crippen molar-refractivity contribution in [2.45, 2.75) is 0 Å². The number of ketones is 1. The minimum atomic E-state index is -0.0682. The van der Waals surface area contributed by atoms with E-state index in [-0.39, 0.29) is 11.5 Å². The van der Waals surface area contributed by atoms with Gasteiger partial charge in [-0.25, -0.2) is 0 Å². The second kappa shape index (κ2) is 9.70. The van der Waals surface area contributed by atoms with Crippen LogP contribution in [-0.2, 0) is 0 Å². The first-order chi connectivity index (χ1) is 17.1. The maximum atomic E-state index is 14.0. The minimum absolute atomic E-state index is 0.0682. The smallest absolute Gasteiger partial charge is 0.195 e. The van der Waals surface area contributed by atoms with Crippen LogP contribution in [0.25, 0.3) is 22.3 Å². The number of carbonyl (C=O) groups is 1. The average Bonchev–Trinajstić information content (AvgIpc) is 2.93. The molecule has 0 aliphatic heterocycles. The summed E-state index contributed by atoms with van der Waals surface area (Å²) in [7, 11) is 1.88. The van der Waals surface area contributed by atoms with Crippen molar-refractivity contribution in [3.05, 3.63) is 139 Å². The number of para-hydroxylation sites is 2. The predicted octanol–water partition coefficient (Wildman–Crippen LogP) is 7.73. The molecule has 0 fully saturated rings. The van der Waals surface area contributed by atoms with E-state index in [0.717, 1.165) is 27.9 Å². The highest BCUT2D eigenvalue weighted by molar-refractivity contribution is 6.17. The van der Waals surface area contributed by atoms with Gasteiger partial charge in [0.15, 0.2) is 5.78 Å². The first-order valence-corrected chi connectivity index (χ1v) is 11.5. The number of hydrogen-bond acceptors (Lipinski definition) is 3. The first kappa shape index (κ1) is 22.2. The number of rotatable bonds is 6. The van der Waals surface area contributed by atoms with E-state index in [9.17, 15) is 9.90 Å². The molecule has 0 unspecified atom stereocenters. The Morgan fingerprint density at radius 1 is 0.600 bits per heavy atom. The number of hydrogen-bond donors (Lipinski definition) is 1. The molecule has 0 aromatic heterocycles. The monoisotopic (exact) mass is 455 g/mol. The van der Waals surface area contributed by atoms with Crippen molar-refractivity contribution in [3.63, 3.8) is 0 Å². The fraction of sp³-hybridized carbons (Fsp3) is 0.0312. The quantitative estimate of drug-likeness (QED) is 0.266. The van der Waals surface area contributed by atoms with Gasteiger partial charge in [0, 0.05) is 12.6 Å². The van der Waals surface area contributed by atoms with Crippen molar-refractivity contribution in [2.24, 2.45) is 0 Å². The Morgan fingerprint density at radius 2 is 1.14 bits per heavy atom. The summed E-state index contributed by atoms with van der Waals surface area (Å²) >= 11 is 0. The molecule has 3 nitrogen and oxygen atoms in total. The van der Waals surface area contributed by atoms with Crippen molar-refractivity contribution in [1.29, 1.82) is 0 Å². The molecule has 0 radical (unpaired) electrons. The minimum Gasteiger partial charge on any atom is -0.506 e. The molecule has 0 amide bonds. The van der Waals surface area contributed by atoms with Crippen LogP contribution in [0.4, 0.5) is 11.4 Å². The molecule has 35 heavy (non-hydrogen) atoms. The molecule has 0 saturated carbocycles. The van der Waals surface area contributed by atoms with Gasteiger partial charge in [0.25, 0.3) is 0 Å². The van der Waals surface area contributed by atoms with E-state index in [1.807, 2.05) is 109 Å². The first-order valence-electron chi connectivity index (χ1n) is 11.5. The van der Waals surface area contributed by atoms with Crippen molar-refractivity contribution in [3.8, 4) is 28.0 Å². The number of aromatic hydroxyl groups is 1. The van der Waals surface area contributed by atoms with Crippen LogP contribution in [0.5, 0.6) is 5.75 Å². The predicted molar refractivity (Wildman–Crippen MR) is 143 cm³/mol. The molecular weight excluding hydrogens is 430 g/mol. The van der Waals surface area contributed by atoms with Crippen LogP contribution in [0.15, 0.2) is 127 Å². The topological polar surface area (TPSA) is 40.5 Å². The average molecular weight is 456 g/mol. The molecule has 5 aromatic carbocycles. The standard InChI is InChI=1S/C32H25NO2/c1-33(28-19-11-12-20-30(28)34)29-22-26(23-13-5-2-6-14-23)21-27(24-15-7-3-8-16-24)31(29)32(35)25-17-9-4-10-18-25/h2-22,34H,1H3. The number of phenolic OH excluding ortho intramolecular Hbond substituents is 1. The Balaban J connectivity index is 1.83. The summed E-state index contributed by atoms with van der Waals surface area (Å²) < 4.78 is 0. The number of phenols is 1. The lowest BCUT2D eigenvalue weighted by molar-refractivity contribution is 0.104. The third-order valence-electron chi connectivity index (χ3n) is 6.18. The van der Waals surface area contributed by atoms with Crippen molar-refractivity contribution in [1.82, 2.24) is 0 Å². The third kappa shape index (κ3) is 4.44. The van der Waals surface area contributed by atoms with E-state index < -0.39 is 0 Å². The van der Waals surface area contributed by atoms with Gasteiger partial charge in [-0.05, 0) is 46.5 Å². The summed E-state index contributed by atoms with van der Waals surface area (Å²) in [5.41, 5.74) is 6.40. The molecule has 5 aromatic rings. The molecule has 1 N–H and O–H groups in total. The van der Waals surface area contributed by atoms with Crippen LogP contribution in [0, 0.1) is 0 Å². The lowest BCUT2D eigenvalue weighted by Crippen LogP contribution is -2.16. The maximum absolute atomic E-state index is 14.0. The Labute approximate surface area is 205 Å². The molecule has 5 rings (SSSR count). The van der Waals surface area contributed by atoms with Gasteiger partial charge in [-0.2, -0.15) is 0 Å². The molecule has 0 bridgehead atoms. The van der Waals surface area contributed by atoms with E-state index in [1.54, 1.807) is 12.1 Å². The normalized spacial score (nSPS) is 10.7.